The van der Waals surface area contributed by atoms with Crippen molar-refractivity contribution in [1.82, 2.24) is 14.7 Å². The number of hydrogen-bond acceptors (Lipinski definition) is 4. The van der Waals surface area contributed by atoms with Crippen molar-refractivity contribution in [2.75, 3.05) is 27.2 Å². The fraction of sp³-hybridized carbons (Fsp3) is 0.667. The summed E-state index contributed by atoms with van der Waals surface area (Å²) in [5.41, 5.74) is 6.09. The van der Waals surface area contributed by atoms with E-state index in [4.69, 9.17) is 17.3 Å². The van der Waals surface area contributed by atoms with E-state index in [0.717, 1.165) is 6.54 Å². The third-order valence-electron chi connectivity index (χ3n) is 2.94. The zero-order chi connectivity index (χ0) is 13.7. The van der Waals surface area contributed by atoms with Gasteiger partial charge in [0.05, 0.1) is 17.8 Å². The maximum absolute atomic E-state index is 12.3. The number of carbonyl (C=O) groups excluding carboxylic acids is 1. The molecule has 18 heavy (non-hydrogen) atoms. The smallest absolute Gasteiger partial charge is 0.186 e. The van der Waals surface area contributed by atoms with E-state index in [2.05, 4.69) is 5.10 Å². The first-order chi connectivity index (χ1) is 8.51. The highest BCUT2D eigenvalue weighted by molar-refractivity contribution is 6.33. The molecule has 0 aliphatic rings. The number of aromatic nitrogens is 2. The second-order valence-electron chi connectivity index (χ2n) is 4.57. The van der Waals surface area contributed by atoms with Crippen LogP contribution < -0.4 is 5.73 Å². The molecule has 1 aromatic rings. The normalized spacial score (nSPS) is 13.0. The third-order valence-corrected chi connectivity index (χ3v) is 3.21. The summed E-state index contributed by atoms with van der Waals surface area (Å²) in [6.07, 6.45) is 2.23. The van der Waals surface area contributed by atoms with Crippen LogP contribution in [0.15, 0.2) is 6.20 Å². The van der Waals surface area contributed by atoms with Gasteiger partial charge in [-0.1, -0.05) is 18.5 Å². The Hall–Kier alpha value is -0.910. The van der Waals surface area contributed by atoms with Crippen LogP contribution in [0.2, 0.25) is 5.02 Å². The average Bonchev–Trinajstić information content (AvgIpc) is 2.69. The number of ketones is 1. The van der Waals surface area contributed by atoms with Gasteiger partial charge < -0.3 is 10.6 Å². The minimum Gasteiger partial charge on any atom is -0.330 e. The fourth-order valence-corrected chi connectivity index (χ4v) is 1.96. The van der Waals surface area contributed by atoms with E-state index in [1.165, 1.54) is 6.20 Å². The summed E-state index contributed by atoms with van der Waals surface area (Å²) >= 11 is 6.05. The molecule has 0 radical (unpaired) electrons. The molecule has 1 unspecified atom stereocenters. The van der Waals surface area contributed by atoms with Crippen molar-refractivity contribution in [2.24, 2.45) is 11.7 Å². The molecular formula is C12H21ClN4O. The van der Waals surface area contributed by atoms with E-state index in [1.54, 1.807) is 4.68 Å². The van der Waals surface area contributed by atoms with Gasteiger partial charge in [0.1, 0.15) is 5.69 Å². The summed E-state index contributed by atoms with van der Waals surface area (Å²) in [5.74, 6) is -0.196. The number of rotatable bonds is 7. The van der Waals surface area contributed by atoms with Crippen LogP contribution in [0.3, 0.4) is 0 Å². The van der Waals surface area contributed by atoms with Crippen LogP contribution >= 0.6 is 11.6 Å². The standard InChI is InChI=1S/C12H21ClN4O/c1-4-9(7-14)12(18)11-10(13)8-15-17(11)6-5-16(2)3/h8-9H,4-7,14H2,1-3H3. The summed E-state index contributed by atoms with van der Waals surface area (Å²) in [6, 6.07) is 0. The molecule has 0 bridgehead atoms. The van der Waals surface area contributed by atoms with Gasteiger partial charge in [-0.05, 0) is 20.5 Å². The lowest BCUT2D eigenvalue weighted by molar-refractivity contribution is 0.0909. The van der Waals surface area contributed by atoms with Crippen LogP contribution in [0.5, 0.6) is 0 Å². The van der Waals surface area contributed by atoms with Crippen LogP contribution in [-0.4, -0.2) is 47.6 Å². The molecule has 0 saturated carbocycles. The van der Waals surface area contributed by atoms with Crippen LogP contribution in [0.4, 0.5) is 0 Å². The molecule has 102 valence electrons. The Morgan fingerprint density at radius 1 is 1.61 bits per heavy atom. The van der Waals surface area contributed by atoms with E-state index >= 15 is 0 Å². The number of Topliss-reactive ketones (excluding diaryl/α,β-unsaturated/α-hetero) is 1. The van der Waals surface area contributed by atoms with Crippen molar-refractivity contribution < 1.29 is 4.79 Å². The SMILES string of the molecule is CCC(CN)C(=O)c1c(Cl)cnn1CCN(C)C. The molecule has 0 amide bonds. The van der Waals surface area contributed by atoms with Crippen molar-refractivity contribution in [3.63, 3.8) is 0 Å². The zero-order valence-corrected chi connectivity index (χ0v) is 11.9. The van der Waals surface area contributed by atoms with Crippen LogP contribution in [0, 0.1) is 5.92 Å². The van der Waals surface area contributed by atoms with Gasteiger partial charge in [-0.3, -0.25) is 9.48 Å². The van der Waals surface area contributed by atoms with E-state index in [0.29, 0.717) is 30.2 Å². The Morgan fingerprint density at radius 2 is 2.28 bits per heavy atom. The maximum Gasteiger partial charge on any atom is 0.186 e. The molecule has 0 aliphatic carbocycles. The maximum atomic E-state index is 12.3. The number of carbonyl (C=O) groups is 1. The Morgan fingerprint density at radius 3 is 2.78 bits per heavy atom. The minimum atomic E-state index is -0.183. The molecular weight excluding hydrogens is 252 g/mol. The summed E-state index contributed by atoms with van der Waals surface area (Å²) < 4.78 is 1.67. The molecule has 1 rings (SSSR count). The molecule has 0 aromatic carbocycles. The quantitative estimate of drug-likeness (QED) is 0.759. The number of likely N-dealkylation sites (N-methyl/N-ethyl adjacent to an activating group) is 1. The van der Waals surface area contributed by atoms with Gasteiger partial charge in [0.15, 0.2) is 5.78 Å². The monoisotopic (exact) mass is 272 g/mol. The third kappa shape index (κ3) is 3.54. The second kappa shape index (κ2) is 6.87. The predicted octanol–water partition coefficient (Wildman–Crippen LogP) is 1.27. The van der Waals surface area contributed by atoms with Gasteiger partial charge in [0.2, 0.25) is 0 Å². The highest BCUT2D eigenvalue weighted by Gasteiger charge is 2.23. The van der Waals surface area contributed by atoms with E-state index in [9.17, 15) is 4.79 Å². The first kappa shape index (κ1) is 15.1. The number of nitrogens with zero attached hydrogens (tertiary/aromatic N) is 3. The largest absolute Gasteiger partial charge is 0.330 e. The molecule has 6 heteroatoms. The highest BCUT2D eigenvalue weighted by atomic mass is 35.5. The van der Waals surface area contributed by atoms with Gasteiger partial charge in [0.25, 0.3) is 0 Å². The van der Waals surface area contributed by atoms with Gasteiger partial charge in [-0.15, -0.1) is 0 Å². The number of halogens is 1. The van der Waals surface area contributed by atoms with Gasteiger partial charge in [0, 0.05) is 19.0 Å². The van der Waals surface area contributed by atoms with Crippen molar-refractivity contribution >= 4 is 17.4 Å². The molecule has 0 saturated heterocycles. The summed E-state index contributed by atoms with van der Waals surface area (Å²) in [6.45, 7) is 3.73. The lowest BCUT2D eigenvalue weighted by Crippen LogP contribution is -2.27. The van der Waals surface area contributed by atoms with E-state index in [1.807, 2.05) is 25.9 Å². The number of hydrogen-bond donors (Lipinski definition) is 1. The van der Waals surface area contributed by atoms with Gasteiger partial charge in [-0.2, -0.15) is 5.10 Å². The molecule has 1 atom stereocenters. The Balaban J connectivity index is 2.92. The molecule has 1 heterocycles. The second-order valence-corrected chi connectivity index (χ2v) is 4.98. The molecule has 1 aromatic heterocycles. The molecule has 5 nitrogen and oxygen atoms in total. The van der Waals surface area contributed by atoms with E-state index in [-0.39, 0.29) is 11.7 Å². The van der Waals surface area contributed by atoms with Crippen molar-refractivity contribution in [1.29, 1.82) is 0 Å². The first-order valence-corrected chi connectivity index (χ1v) is 6.49. The average molecular weight is 273 g/mol. The lowest BCUT2D eigenvalue weighted by Gasteiger charge is -2.15. The van der Waals surface area contributed by atoms with Crippen molar-refractivity contribution in [2.45, 2.75) is 19.9 Å². The molecule has 0 aliphatic heterocycles. The number of nitrogens with two attached hydrogens (primary N) is 1. The van der Waals surface area contributed by atoms with Crippen molar-refractivity contribution in [3.05, 3.63) is 16.9 Å². The Bertz CT molecular complexity index is 399. The fourth-order valence-electron chi connectivity index (χ4n) is 1.72. The highest BCUT2D eigenvalue weighted by Crippen LogP contribution is 2.20. The predicted molar refractivity (Wildman–Crippen MR) is 73.0 cm³/mol. The Labute approximate surface area is 113 Å². The molecule has 2 N–H and O–H groups in total. The Kier molecular flexibility index (Phi) is 5.78. The summed E-state index contributed by atoms with van der Waals surface area (Å²) in [7, 11) is 3.95. The van der Waals surface area contributed by atoms with E-state index < -0.39 is 0 Å². The van der Waals surface area contributed by atoms with Gasteiger partial charge in [-0.25, -0.2) is 0 Å². The van der Waals surface area contributed by atoms with Crippen LogP contribution in [-0.2, 0) is 6.54 Å². The molecule has 0 fully saturated rings. The van der Waals surface area contributed by atoms with Gasteiger partial charge >= 0.3 is 0 Å². The lowest BCUT2D eigenvalue weighted by atomic mass is 9.99. The summed E-state index contributed by atoms with van der Waals surface area (Å²) in [4.78, 5) is 14.3. The molecule has 0 spiro atoms. The van der Waals surface area contributed by atoms with Crippen molar-refractivity contribution in [3.8, 4) is 0 Å². The zero-order valence-electron chi connectivity index (χ0n) is 11.2. The minimum absolute atomic E-state index is 0.0127. The van der Waals surface area contributed by atoms with Crippen LogP contribution in [0.1, 0.15) is 23.8 Å². The summed E-state index contributed by atoms with van der Waals surface area (Å²) in [5, 5.41) is 4.56. The topological polar surface area (TPSA) is 64.2 Å². The van der Waals surface area contributed by atoms with Crippen LogP contribution in [0.25, 0.3) is 0 Å². The first-order valence-electron chi connectivity index (χ1n) is 6.11.